The first-order valence-corrected chi connectivity index (χ1v) is 9.72. The Bertz CT molecular complexity index is 859. The summed E-state index contributed by atoms with van der Waals surface area (Å²) in [7, 11) is 0. The number of fused-ring (bicyclic) bond motifs is 2. The number of rotatable bonds is 0. The molecule has 0 bridgehead atoms. The molecule has 0 unspecified atom stereocenters. The summed E-state index contributed by atoms with van der Waals surface area (Å²) in [5.41, 5.74) is 2.40. The summed E-state index contributed by atoms with van der Waals surface area (Å²) in [6.07, 6.45) is 0. The second kappa shape index (κ2) is 9.33. The normalized spacial score (nSPS) is 13.0. The van der Waals surface area contributed by atoms with Crippen molar-refractivity contribution in [1.82, 2.24) is 0 Å². The third-order valence-electron chi connectivity index (χ3n) is 3.89. The lowest BCUT2D eigenvalue weighted by Crippen LogP contribution is -2.15. The number of hydrogen-bond acceptors (Lipinski definition) is 5. The average molecular weight is 384 g/mol. The van der Waals surface area contributed by atoms with Crippen molar-refractivity contribution >= 4 is 11.3 Å². The van der Waals surface area contributed by atoms with Crippen LogP contribution in [-0.4, -0.2) is 20.0 Å². The summed E-state index contributed by atoms with van der Waals surface area (Å²) in [4.78, 5) is 1.38. The minimum absolute atomic E-state index is 0.360. The van der Waals surface area contributed by atoms with Gasteiger partial charge in [0.2, 0.25) is 6.79 Å². The Morgan fingerprint density at radius 2 is 1.22 bits per heavy atom. The van der Waals surface area contributed by atoms with E-state index in [2.05, 4.69) is 24.4 Å². The molecule has 3 aromatic rings. The molecule has 0 saturated carbocycles. The van der Waals surface area contributed by atoms with E-state index in [-0.39, 0.29) is 0 Å². The van der Waals surface area contributed by atoms with Gasteiger partial charge in [0.1, 0.15) is 13.2 Å². The molecule has 5 heteroatoms. The van der Waals surface area contributed by atoms with Gasteiger partial charge >= 0.3 is 0 Å². The Kier molecular flexibility index (Phi) is 6.60. The van der Waals surface area contributed by atoms with Gasteiger partial charge in [0, 0.05) is 4.88 Å². The Hall–Kier alpha value is -2.66. The molecule has 0 radical (unpaired) electrons. The molecule has 0 amide bonds. The molecule has 3 heterocycles. The van der Waals surface area contributed by atoms with Crippen LogP contribution < -0.4 is 18.9 Å². The summed E-state index contributed by atoms with van der Waals surface area (Å²) in [5.74, 6) is 3.45. The minimum atomic E-state index is 0.360. The molecule has 0 aliphatic carbocycles. The molecule has 5 rings (SSSR count). The van der Waals surface area contributed by atoms with Crippen LogP contribution in [0.1, 0.15) is 16.0 Å². The van der Waals surface area contributed by atoms with E-state index in [9.17, 15) is 0 Å². The van der Waals surface area contributed by atoms with Crippen LogP contribution in [0.4, 0.5) is 0 Å². The van der Waals surface area contributed by atoms with E-state index in [4.69, 9.17) is 18.9 Å². The molecule has 0 spiro atoms. The second-order valence-corrected chi connectivity index (χ2v) is 7.38. The summed E-state index contributed by atoms with van der Waals surface area (Å²) >= 11 is 1.78. The molecule has 2 aromatic carbocycles. The largest absolute Gasteiger partial charge is 0.486 e. The van der Waals surface area contributed by atoms with Crippen molar-refractivity contribution in [1.29, 1.82) is 0 Å². The standard InChI is InChI=1S/C9H10O2.C8H8O2.C5H6S/c1-7-2-3-8-9(6-7)11-5-4-10-8;1-6-2-3-7-8(4-6)10-5-9-7;1-5-3-2-4-6-5/h2-3,6H,4-5H2,1H3;2-4H,5H2,1H3;2-4H,1H3. The maximum absolute atomic E-state index is 5.38. The summed E-state index contributed by atoms with van der Waals surface area (Å²) in [5, 5.41) is 2.08. The van der Waals surface area contributed by atoms with Gasteiger partial charge in [-0.3, -0.25) is 0 Å². The van der Waals surface area contributed by atoms with Crippen LogP contribution in [0, 0.1) is 20.8 Å². The maximum atomic E-state index is 5.38. The van der Waals surface area contributed by atoms with Crippen LogP contribution in [-0.2, 0) is 0 Å². The maximum Gasteiger partial charge on any atom is 0.231 e. The van der Waals surface area contributed by atoms with E-state index < -0.39 is 0 Å². The van der Waals surface area contributed by atoms with Gasteiger partial charge in [-0.15, -0.1) is 11.3 Å². The highest BCUT2D eigenvalue weighted by atomic mass is 32.1. The third kappa shape index (κ3) is 5.66. The predicted octanol–water partition coefficient (Wildman–Crippen LogP) is 5.55. The van der Waals surface area contributed by atoms with E-state index in [0.717, 1.165) is 23.0 Å². The summed E-state index contributed by atoms with van der Waals surface area (Å²) < 4.78 is 21.0. The van der Waals surface area contributed by atoms with Gasteiger partial charge in [-0.05, 0) is 67.6 Å². The van der Waals surface area contributed by atoms with Crippen molar-refractivity contribution < 1.29 is 18.9 Å². The molecule has 0 atom stereocenters. The van der Waals surface area contributed by atoms with Gasteiger partial charge in [0.05, 0.1) is 0 Å². The van der Waals surface area contributed by atoms with Crippen LogP contribution in [0.3, 0.4) is 0 Å². The average Bonchev–Trinajstić information content (AvgIpc) is 3.33. The van der Waals surface area contributed by atoms with Crippen LogP contribution in [0.15, 0.2) is 53.9 Å². The Morgan fingerprint density at radius 1 is 0.667 bits per heavy atom. The van der Waals surface area contributed by atoms with Crippen LogP contribution in [0.2, 0.25) is 0 Å². The number of benzene rings is 2. The zero-order valence-electron chi connectivity index (χ0n) is 15.9. The van der Waals surface area contributed by atoms with Crippen LogP contribution >= 0.6 is 11.3 Å². The Balaban J connectivity index is 0.000000122. The molecule has 4 nitrogen and oxygen atoms in total. The van der Waals surface area contributed by atoms with Crippen molar-refractivity contribution in [3.05, 3.63) is 69.9 Å². The number of hydrogen-bond donors (Lipinski definition) is 0. The first-order chi connectivity index (χ1) is 13.1. The molecule has 1 aromatic heterocycles. The number of thiophene rings is 1. The molecule has 0 fully saturated rings. The van der Waals surface area contributed by atoms with E-state index in [1.807, 2.05) is 50.2 Å². The molecule has 0 N–H and O–H groups in total. The van der Waals surface area contributed by atoms with E-state index in [0.29, 0.717) is 20.0 Å². The van der Waals surface area contributed by atoms with Crippen LogP contribution in [0.25, 0.3) is 0 Å². The molecular weight excluding hydrogens is 360 g/mol. The lowest BCUT2D eigenvalue weighted by Gasteiger charge is -2.18. The number of ether oxygens (including phenoxy) is 4. The van der Waals surface area contributed by atoms with E-state index >= 15 is 0 Å². The molecule has 27 heavy (non-hydrogen) atoms. The zero-order valence-corrected chi connectivity index (χ0v) is 16.7. The summed E-state index contributed by atoms with van der Waals surface area (Å²) in [6, 6.07) is 16.0. The second-order valence-electron chi connectivity index (χ2n) is 6.23. The van der Waals surface area contributed by atoms with Gasteiger partial charge in [-0.1, -0.05) is 18.2 Å². The van der Waals surface area contributed by atoms with E-state index in [1.54, 1.807) is 11.3 Å². The fourth-order valence-corrected chi connectivity index (χ4v) is 3.04. The fourth-order valence-electron chi connectivity index (χ4n) is 2.52. The highest BCUT2D eigenvalue weighted by molar-refractivity contribution is 7.09. The number of aryl methyl sites for hydroxylation is 3. The van der Waals surface area contributed by atoms with Crippen molar-refractivity contribution in [3.8, 4) is 23.0 Å². The quantitative estimate of drug-likeness (QED) is 0.509. The smallest absolute Gasteiger partial charge is 0.231 e. The third-order valence-corrected chi connectivity index (χ3v) is 4.69. The first-order valence-electron chi connectivity index (χ1n) is 8.84. The highest BCUT2D eigenvalue weighted by Gasteiger charge is 2.11. The van der Waals surface area contributed by atoms with E-state index in [1.165, 1.54) is 16.0 Å². The molecular formula is C22H24O4S. The van der Waals surface area contributed by atoms with Crippen molar-refractivity contribution in [2.75, 3.05) is 20.0 Å². The van der Waals surface area contributed by atoms with Crippen molar-refractivity contribution in [2.24, 2.45) is 0 Å². The van der Waals surface area contributed by atoms with Gasteiger partial charge in [0.25, 0.3) is 0 Å². The fraction of sp³-hybridized carbons (Fsp3) is 0.273. The van der Waals surface area contributed by atoms with Gasteiger partial charge < -0.3 is 18.9 Å². The molecule has 142 valence electrons. The Morgan fingerprint density at radius 3 is 1.78 bits per heavy atom. The summed E-state index contributed by atoms with van der Waals surface area (Å²) in [6.45, 7) is 7.86. The van der Waals surface area contributed by atoms with Crippen LogP contribution in [0.5, 0.6) is 23.0 Å². The van der Waals surface area contributed by atoms with Crippen molar-refractivity contribution in [2.45, 2.75) is 20.8 Å². The zero-order chi connectivity index (χ0) is 19.1. The van der Waals surface area contributed by atoms with Gasteiger partial charge in [-0.25, -0.2) is 0 Å². The highest BCUT2D eigenvalue weighted by Crippen LogP contribution is 2.32. The minimum Gasteiger partial charge on any atom is -0.486 e. The van der Waals surface area contributed by atoms with Crippen molar-refractivity contribution in [3.63, 3.8) is 0 Å². The van der Waals surface area contributed by atoms with Gasteiger partial charge in [-0.2, -0.15) is 0 Å². The molecule has 0 saturated heterocycles. The molecule has 2 aliphatic heterocycles. The molecule has 2 aliphatic rings. The van der Waals surface area contributed by atoms with Gasteiger partial charge in [0.15, 0.2) is 23.0 Å². The monoisotopic (exact) mass is 384 g/mol. The predicted molar refractivity (Wildman–Crippen MR) is 109 cm³/mol. The topological polar surface area (TPSA) is 36.9 Å². The first kappa shape index (κ1) is 19.1. The SMILES string of the molecule is Cc1ccc2c(c1)OCCO2.Cc1ccc2c(c1)OCO2.Cc1cccs1. The lowest BCUT2D eigenvalue weighted by molar-refractivity contribution is 0.171. The lowest BCUT2D eigenvalue weighted by atomic mass is 10.2. The Labute approximate surface area is 164 Å².